The molecule has 1 saturated heterocycles. The molecule has 1 aliphatic heterocycles. The minimum Gasteiger partial charge on any atom is -0.462 e. The summed E-state index contributed by atoms with van der Waals surface area (Å²) < 4.78 is 16.2. The molecule has 0 aliphatic carbocycles. The molecule has 0 radical (unpaired) electrons. The number of carbonyl (C=O) groups is 1. The van der Waals surface area contributed by atoms with Crippen molar-refractivity contribution in [2.24, 2.45) is 0 Å². The first kappa shape index (κ1) is 30.5. The summed E-state index contributed by atoms with van der Waals surface area (Å²) in [5, 5.41) is 39.0. The predicted molar refractivity (Wildman–Crippen MR) is 137 cm³/mol. The van der Waals surface area contributed by atoms with Gasteiger partial charge in [-0.2, -0.15) is 0 Å². The van der Waals surface area contributed by atoms with Gasteiger partial charge in [-0.1, -0.05) is 84.0 Å². The van der Waals surface area contributed by atoms with Gasteiger partial charge in [0.2, 0.25) is 6.29 Å². The van der Waals surface area contributed by atoms with E-state index in [1.807, 2.05) is 0 Å². The molecule has 0 aromatic heterocycles. The van der Waals surface area contributed by atoms with E-state index in [0.29, 0.717) is 17.9 Å². The van der Waals surface area contributed by atoms with E-state index in [-0.39, 0.29) is 5.97 Å². The van der Waals surface area contributed by atoms with Crippen molar-refractivity contribution in [2.75, 3.05) is 6.61 Å². The molecule has 0 bridgehead atoms. The minimum absolute atomic E-state index is 0.277. The van der Waals surface area contributed by atoms with Crippen LogP contribution in [0.3, 0.4) is 0 Å². The molecule has 5 atom stereocenters. The van der Waals surface area contributed by atoms with Crippen molar-refractivity contribution >= 4 is 5.97 Å². The molecule has 1 fully saturated rings. The third-order valence-corrected chi connectivity index (χ3v) is 6.64. The van der Waals surface area contributed by atoms with Crippen LogP contribution in [-0.4, -0.2) is 63.7 Å². The van der Waals surface area contributed by atoms with Crippen LogP contribution < -0.4 is 9.47 Å². The number of ether oxygens (including phenoxy) is 3. The molecule has 8 nitrogen and oxygen atoms in total. The van der Waals surface area contributed by atoms with E-state index < -0.39 is 37.3 Å². The number of esters is 1. The lowest BCUT2D eigenvalue weighted by atomic mass is 9.99. The maximum Gasteiger partial charge on any atom is 0.311 e. The number of rotatable bonds is 18. The van der Waals surface area contributed by atoms with E-state index in [1.165, 1.54) is 64.2 Å². The lowest BCUT2D eigenvalue weighted by Crippen LogP contribution is -2.60. The largest absolute Gasteiger partial charge is 0.462 e. The average molecular weight is 511 g/mol. The molecule has 1 aliphatic rings. The van der Waals surface area contributed by atoms with Crippen LogP contribution in [0.5, 0.6) is 11.5 Å². The highest BCUT2D eigenvalue weighted by molar-refractivity contribution is 5.72. The van der Waals surface area contributed by atoms with Gasteiger partial charge in [-0.3, -0.25) is 4.79 Å². The van der Waals surface area contributed by atoms with Crippen LogP contribution in [0.4, 0.5) is 0 Å². The Hall–Kier alpha value is -1.71. The smallest absolute Gasteiger partial charge is 0.311 e. The zero-order valence-electron chi connectivity index (χ0n) is 21.7. The Morgan fingerprint density at radius 1 is 0.750 bits per heavy atom. The minimum atomic E-state index is -1.51. The van der Waals surface area contributed by atoms with Gasteiger partial charge in [0.1, 0.15) is 35.9 Å². The lowest BCUT2D eigenvalue weighted by Gasteiger charge is -2.39. The van der Waals surface area contributed by atoms with Gasteiger partial charge >= 0.3 is 5.97 Å². The van der Waals surface area contributed by atoms with Crippen LogP contribution in [0.2, 0.25) is 0 Å². The maximum absolute atomic E-state index is 12.1. The molecule has 0 unspecified atom stereocenters. The molecule has 0 amide bonds. The summed E-state index contributed by atoms with van der Waals surface area (Å²) in [5.41, 5.74) is 0. The van der Waals surface area contributed by atoms with Crippen molar-refractivity contribution in [1.29, 1.82) is 0 Å². The van der Waals surface area contributed by atoms with Gasteiger partial charge in [-0.25, -0.2) is 0 Å². The summed E-state index contributed by atoms with van der Waals surface area (Å²) in [4.78, 5) is 12.1. The molecular weight excluding hydrogens is 464 g/mol. The molecule has 0 spiro atoms. The lowest BCUT2D eigenvalue weighted by molar-refractivity contribution is -0.277. The number of aliphatic hydroxyl groups excluding tert-OH is 4. The number of unbranched alkanes of at least 4 members (excludes halogenated alkanes) is 12. The van der Waals surface area contributed by atoms with Crippen molar-refractivity contribution in [3.05, 3.63) is 24.3 Å². The molecule has 8 heteroatoms. The topological polar surface area (TPSA) is 126 Å². The van der Waals surface area contributed by atoms with Crippen molar-refractivity contribution in [3.63, 3.8) is 0 Å². The fourth-order valence-corrected chi connectivity index (χ4v) is 4.35. The Morgan fingerprint density at radius 2 is 1.25 bits per heavy atom. The maximum atomic E-state index is 12.1. The molecule has 4 N–H and O–H groups in total. The molecular formula is C28H46O8. The van der Waals surface area contributed by atoms with Crippen molar-refractivity contribution in [2.45, 2.75) is 128 Å². The zero-order valence-corrected chi connectivity index (χ0v) is 21.7. The number of carbonyl (C=O) groups excluding carboxylic acids is 1. The number of hydrogen-bond donors (Lipinski definition) is 4. The van der Waals surface area contributed by atoms with Gasteiger partial charge in [-0.15, -0.1) is 0 Å². The van der Waals surface area contributed by atoms with Gasteiger partial charge in [0.15, 0.2) is 0 Å². The monoisotopic (exact) mass is 510 g/mol. The van der Waals surface area contributed by atoms with Crippen molar-refractivity contribution < 1.29 is 39.4 Å². The van der Waals surface area contributed by atoms with Gasteiger partial charge in [0.25, 0.3) is 0 Å². The fourth-order valence-electron chi connectivity index (χ4n) is 4.35. The molecule has 1 aromatic rings. The van der Waals surface area contributed by atoms with Crippen LogP contribution in [0.25, 0.3) is 0 Å². The summed E-state index contributed by atoms with van der Waals surface area (Å²) in [7, 11) is 0. The van der Waals surface area contributed by atoms with Crippen LogP contribution in [0.1, 0.15) is 96.8 Å². The highest BCUT2D eigenvalue weighted by Crippen LogP contribution is 2.26. The average Bonchev–Trinajstić information content (AvgIpc) is 2.88. The Labute approximate surface area is 215 Å². The summed E-state index contributed by atoms with van der Waals surface area (Å²) in [6.07, 6.45) is 9.92. The SMILES string of the molecule is CCCCCCCCCCCCCCCC(=O)Oc1ccc(O[C@@H]2O[C@H](CO)[C@@H](O)[C@H](O)[C@H]2O)cc1. The first-order chi connectivity index (χ1) is 17.5. The standard InChI is InChI=1S/C28H46O8/c1-2-3-4-5-6-7-8-9-10-11-12-13-14-15-24(30)34-21-16-18-22(19-17-21)35-28-27(33)26(32)25(31)23(20-29)36-28/h16-19,23,25-29,31-33H,2-15,20H2,1H3/t23-,25-,26+,27-,28-/m1/s1. The van der Waals surface area contributed by atoms with Crippen LogP contribution >= 0.6 is 0 Å². The number of aliphatic hydroxyl groups is 4. The zero-order chi connectivity index (χ0) is 26.2. The Morgan fingerprint density at radius 3 is 1.78 bits per heavy atom. The first-order valence-electron chi connectivity index (χ1n) is 13.7. The van der Waals surface area contributed by atoms with Crippen molar-refractivity contribution in [3.8, 4) is 11.5 Å². The Kier molecular flexibility index (Phi) is 15.0. The molecule has 206 valence electrons. The van der Waals surface area contributed by atoms with Crippen molar-refractivity contribution in [1.82, 2.24) is 0 Å². The third kappa shape index (κ3) is 11.1. The second-order valence-corrected chi connectivity index (χ2v) is 9.75. The van der Waals surface area contributed by atoms with Gasteiger partial charge in [0.05, 0.1) is 6.61 Å². The molecule has 1 aromatic carbocycles. The van der Waals surface area contributed by atoms with E-state index in [9.17, 15) is 25.2 Å². The summed E-state index contributed by atoms with van der Waals surface area (Å²) >= 11 is 0. The van der Waals surface area contributed by atoms with Crippen LogP contribution in [-0.2, 0) is 9.53 Å². The second-order valence-electron chi connectivity index (χ2n) is 9.75. The van der Waals surface area contributed by atoms with E-state index in [4.69, 9.17) is 14.2 Å². The summed E-state index contributed by atoms with van der Waals surface area (Å²) in [6.45, 7) is 1.72. The summed E-state index contributed by atoms with van der Waals surface area (Å²) in [5.74, 6) is 0.423. The van der Waals surface area contributed by atoms with E-state index in [1.54, 1.807) is 24.3 Å². The molecule has 36 heavy (non-hydrogen) atoms. The second kappa shape index (κ2) is 17.7. The predicted octanol–water partition coefficient (Wildman–Crippen LogP) is 4.25. The number of benzene rings is 1. The fraction of sp³-hybridized carbons (Fsp3) is 0.750. The Balaban J connectivity index is 1.55. The van der Waals surface area contributed by atoms with Crippen LogP contribution in [0, 0.1) is 0 Å². The Bertz CT molecular complexity index is 708. The normalized spacial score (nSPS) is 24.0. The summed E-state index contributed by atoms with van der Waals surface area (Å²) in [6, 6.07) is 6.24. The van der Waals surface area contributed by atoms with Crippen LogP contribution in [0.15, 0.2) is 24.3 Å². The first-order valence-corrected chi connectivity index (χ1v) is 13.7. The highest BCUT2D eigenvalue weighted by atomic mass is 16.7. The molecule has 0 saturated carbocycles. The molecule has 2 rings (SSSR count). The molecule has 1 heterocycles. The van der Waals surface area contributed by atoms with E-state index >= 15 is 0 Å². The quantitative estimate of drug-likeness (QED) is 0.131. The highest BCUT2D eigenvalue weighted by Gasteiger charge is 2.44. The van der Waals surface area contributed by atoms with Gasteiger partial charge < -0.3 is 34.6 Å². The third-order valence-electron chi connectivity index (χ3n) is 6.64. The van der Waals surface area contributed by atoms with Gasteiger partial charge in [-0.05, 0) is 30.7 Å². The number of hydrogen-bond acceptors (Lipinski definition) is 8. The van der Waals surface area contributed by atoms with E-state index in [0.717, 1.165) is 19.3 Å². The van der Waals surface area contributed by atoms with E-state index in [2.05, 4.69) is 6.92 Å². The van der Waals surface area contributed by atoms with Gasteiger partial charge in [0, 0.05) is 6.42 Å².